The maximum absolute atomic E-state index is 13.6. The van der Waals surface area contributed by atoms with E-state index in [1.807, 2.05) is 0 Å². The van der Waals surface area contributed by atoms with Crippen molar-refractivity contribution in [3.8, 4) is 0 Å². The van der Waals surface area contributed by atoms with Crippen LogP contribution in [0.2, 0.25) is 0 Å². The van der Waals surface area contributed by atoms with Crippen LogP contribution in [-0.4, -0.2) is 31.8 Å². The van der Waals surface area contributed by atoms with Gasteiger partial charge in [-0.3, -0.25) is 4.79 Å². The Bertz CT molecular complexity index is 1030. The minimum absolute atomic E-state index is 0.0183. The van der Waals surface area contributed by atoms with Gasteiger partial charge in [-0.05, 0) is 70.0 Å². The van der Waals surface area contributed by atoms with Gasteiger partial charge in [-0.25, -0.2) is 21.9 Å². The lowest BCUT2D eigenvalue weighted by molar-refractivity contribution is 0.0741. The molecule has 0 aromatic heterocycles. The number of benzene rings is 2. The molecule has 0 aliphatic carbocycles. The molecule has 2 aromatic carbocycles. The highest BCUT2D eigenvalue weighted by molar-refractivity contribution is 7.89. The van der Waals surface area contributed by atoms with Crippen LogP contribution in [-0.2, 0) is 10.0 Å². The highest BCUT2D eigenvalue weighted by Gasteiger charge is 2.26. The number of hydrogen-bond acceptors (Lipinski definition) is 3. The fourth-order valence-electron chi connectivity index (χ4n) is 2.82. The summed E-state index contributed by atoms with van der Waals surface area (Å²) in [6.45, 7) is 8.56. The number of nitrogens with zero attached hydrogens (tertiary/aromatic N) is 1. The zero-order valence-corrected chi connectivity index (χ0v) is 18.2. The standard InChI is InChI=1S/C21H26F2N2O3S/c1-13-7-9-16(29(27,28)24-21(3,4)5)12-17(13)20(26)25(6)14(2)15-8-10-18(22)19(23)11-15/h7-12,14,24H,1-6H3. The first-order valence-electron chi connectivity index (χ1n) is 9.09. The predicted molar refractivity (Wildman–Crippen MR) is 108 cm³/mol. The van der Waals surface area contributed by atoms with Crippen LogP contribution in [0.5, 0.6) is 0 Å². The lowest BCUT2D eigenvalue weighted by Gasteiger charge is -2.26. The number of rotatable bonds is 5. The number of carbonyl (C=O) groups excluding carboxylic acids is 1. The molecule has 5 nitrogen and oxygen atoms in total. The average molecular weight is 425 g/mol. The van der Waals surface area contributed by atoms with Gasteiger partial charge in [0.1, 0.15) is 0 Å². The third-order valence-corrected chi connectivity index (χ3v) is 6.27. The minimum atomic E-state index is -3.81. The Labute approximate surface area is 170 Å². The Morgan fingerprint density at radius 3 is 2.24 bits per heavy atom. The minimum Gasteiger partial charge on any atom is -0.335 e. The van der Waals surface area contributed by atoms with Gasteiger partial charge in [-0.15, -0.1) is 0 Å². The Hall–Kier alpha value is -2.32. The largest absolute Gasteiger partial charge is 0.335 e. The summed E-state index contributed by atoms with van der Waals surface area (Å²) in [5.74, 6) is -2.38. The van der Waals surface area contributed by atoms with E-state index in [9.17, 15) is 22.0 Å². The lowest BCUT2D eigenvalue weighted by atomic mass is 10.0. The molecule has 158 valence electrons. The first-order valence-corrected chi connectivity index (χ1v) is 10.6. The Kier molecular flexibility index (Phi) is 6.49. The zero-order valence-electron chi connectivity index (χ0n) is 17.4. The van der Waals surface area contributed by atoms with Gasteiger partial charge in [-0.1, -0.05) is 12.1 Å². The summed E-state index contributed by atoms with van der Waals surface area (Å²) in [7, 11) is -2.28. The van der Waals surface area contributed by atoms with Crippen LogP contribution >= 0.6 is 0 Å². The number of aryl methyl sites for hydroxylation is 1. The molecule has 0 saturated heterocycles. The molecule has 29 heavy (non-hydrogen) atoms. The van der Waals surface area contributed by atoms with Crippen molar-refractivity contribution in [1.29, 1.82) is 0 Å². The number of hydrogen-bond donors (Lipinski definition) is 1. The molecule has 1 amide bonds. The van der Waals surface area contributed by atoms with Crippen molar-refractivity contribution in [3.05, 3.63) is 64.7 Å². The van der Waals surface area contributed by atoms with E-state index < -0.39 is 39.1 Å². The smallest absolute Gasteiger partial charge is 0.254 e. The van der Waals surface area contributed by atoms with Gasteiger partial charge in [0.15, 0.2) is 11.6 Å². The van der Waals surface area contributed by atoms with Crippen molar-refractivity contribution in [3.63, 3.8) is 0 Å². The van der Waals surface area contributed by atoms with Gasteiger partial charge in [0.05, 0.1) is 10.9 Å². The molecule has 0 saturated carbocycles. The number of amides is 1. The van der Waals surface area contributed by atoms with E-state index in [2.05, 4.69) is 4.72 Å². The van der Waals surface area contributed by atoms with Crippen LogP contribution in [0.15, 0.2) is 41.3 Å². The number of nitrogens with one attached hydrogen (secondary N) is 1. The first kappa shape index (κ1) is 23.0. The molecule has 0 bridgehead atoms. The van der Waals surface area contributed by atoms with E-state index in [0.717, 1.165) is 12.1 Å². The van der Waals surface area contributed by atoms with E-state index in [0.29, 0.717) is 11.1 Å². The number of sulfonamides is 1. The van der Waals surface area contributed by atoms with Gasteiger partial charge in [-0.2, -0.15) is 0 Å². The second-order valence-electron chi connectivity index (χ2n) is 8.10. The van der Waals surface area contributed by atoms with Crippen LogP contribution in [0.4, 0.5) is 8.78 Å². The highest BCUT2D eigenvalue weighted by Crippen LogP contribution is 2.25. The summed E-state index contributed by atoms with van der Waals surface area (Å²) < 4.78 is 54.5. The summed E-state index contributed by atoms with van der Waals surface area (Å²) >= 11 is 0. The molecule has 0 fully saturated rings. The summed E-state index contributed by atoms with van der Waals surface area (Å²) in [6, 6.07) is 7.26. The fraction of sp³-hybridized carbons (Fsp3) is 0.381. The highest BCUT2D eigenvalue weighted by atomic mass is 32.2. The normalized spacial score (nSPS) is 13.2. The second-order valence-corrected chi connectivity index (χ2v) is 9.78. The molecule has 0 spiro atoms. The van der Waals surface area contributed by atoms with E-state index in [1.165, 1.54) is 30.1 Å². The quantitative estimate of drug-likeness (QED) is 0.783. The molecule has 0 heterocycles. The second kappa shape index (κ2) is 8.20. The van der Waals surface area contributed by atoms with Gasteiger partial charge in [0.25, 0.3) is 5.91 Å². The molecular formula is C21H26F2N2O3S. The molecule has 1 unspecified atom stereocenters. The summed E-state index contributed by atoms with van der Waals surface area (Å²) in [6.07, 6.45) is 0. The van der Waals surface area contributed by atoms with Crippen molar-refractivity contribution < 1.29 is 22.0 Å². The van der Waals surface area contributed by atoms with Gasteiger partial charge < -0.3 is 4.90 Å². The molecule has 1 atom stereocenters. The third kappa shape index (κ3) is 5.39. The van der Waals surface area contributed by atoms with Crippen LogP contribution in [0.1, 0.15) is 55.2 Å². The van der Waals surface area contributed by atoms with Crippen molar-refractivity contribution >= 4 is 15.9 Å². The van der Waals surface area contributed by atoms with Crippen LogP contribution in [0, 0.1) is 18.6 Å². The van der Waals surface area contributed by atoms with Crippen molar-refractivity contribution in [2.45, 2.75) is 51.1 Å². The van der Waals surface area contributed by atoms with E-state index in [-0.39, 0.29) is 10.5 Å². The van der Waals surface area contributed by atoms with Gasteiger partial charge in [0.2, 0.25) is 10.0 Å². The molecule has 0 radical (unpaired) electrons. The van der Waals surface area contributed by atoms with Crippen LogP contribution in [0.3, 0.4) is 0 Å². The molecule has 8 heteroatoms. The van der Waals surface area contributed by atoms with Crippen LogP contribution < -0.4 is 4.72 Å². The maximum Gasteiger partial charge on any atom is 0.254 e. The monoisotopic (exact) mass is 424 g/mol. The van der Waals surface area contributed by atoms with Crippen molar-refractivity contribution in [2.24, 2.45) is 0 Å². The van der Waals surface area contributed by atoms with Crippen LogP contribution in [0.25, 0.3) is 0 Å². The van der Waals surface area contributed by atoms with E-state index >= 15 is 0 Å². The number of carbonyl (C=O) groups is 1. The summed E-state index contributed by atoms with van der Waals surface area (Å²) in [4.78, 5) is 14.4. The maximum atomic E-state index is 13.6. The SMILES string of the molecule is Cc1ccc(S(=O)(=O)NC(C)(C)C)cc1C(=O)N(C)C(C)c1ccc(F)c(F)c1. The zero-order chi connectivity index (χ0) is 22.1. The molecule has 2 rings (SSSR count). The van der Waals surface area contributed by atoms with Gasteiger partial charge >= 0.3 is 0 Å². The van der Waals surface area contributed by atoms with Gasteiger partial charge in [0, 0.05) is 18.2 Å². The average Bonchev–Trinajstić information content (AvgIpc) is 2.60. The Balaban J connectivity index is 2.38. The summed E-state index contributed by atoms with van der Waals surface area (Å²) in [5.41, 5.74) is 0.578. The van der Waals surface area contributed by atoms with Crippen molar-refractivity contribution in [1.82, 2.24) is 9.62 Å². The first-order chi connectivity index (χ1) is 13.2. The molecular weight excluding hydrogens is 398 g/mol. The Morgan fingerprint density at radius 2 is 1.69 bits per heavy atom. The number of halogens is 2. The topological polar surface area (TPSA) is 66.5 Å². The molecule has 1 N–H and O–H groups in total. The lowest BCUT2D eigenvalue weighted by Crippen LogP contribution is -2.40. The van der Waals surface area contributed by atoms with Crippen molar-refractivity contribution in [2.75, 3.05) is 7.05 Å². The third-order valence-electron chi connectivity index (χ3n) is 4.52. The Morgan fingerprint density at radius 1 is 1.07 bits per heavy atom. The summed E-state index contributed by atoms with van der Waals surface area (Å²) in [5, 5.41) is 0. The van der Waals surface area contributed by atoms with E-state index in [1.54, 1.807) is 40.7 Å². The molecule has 0 aliphatic heterocycles. The van der Waals surface area contributed by atoms with E-state index in [4.69, 9.17) is 0 Å². The molecule has 2 aromatic rings. The predicted octanol–water partition coefficient (Wildman–Crippen LogP) is 4.18. The fourth-order valence-corrected chi connectivity index (χ4v) is 4.27. The molecule has 0 aliphatic rings.